The van der Waals surface area contributed by atoms with E-state index in [9.17, 15) is 73.4 Å². The first-order valence-corrected chi connectivity index (χ1v) is 55.7. The van der Waals surface area contributed by atoms with Gasteiger partial charge in [-0.1, -0.05) is 250 Å². The van der Waals surface area contributed by atoms with Crippen LogP contribution in [-0.4, -0.2) is 336 Å². The largest absolute Gasteiger partial charge is 0.412 e. The normalized spacial score (nSPS) is 25.4. The van der Waals surface area contributed by atoms with Gasteiger partial charge in [-0.3, -0.25) is 18.2 Å². The van der Waals surface area contributed by atoms with Crippen LogP contribution < -0.4 is 0 Å². The number of ether oxygens (including phenoxy) is 9. The van der Waals surface area contributed by atoms with Gasteiger partial charge in [-0.05, 0) is 49.8 Å². The van der Waals surface area contributed by atoms with Crippen molar-refractivity contribution in [1.29, 1.82) is 0 Å². The second-order valence-corrected chi connectivity index (χ2v) is 46.3. The molecule has 13 rings (SSSR count). The first kappa shape index (κ1) is 129. The first-order chi connectivity index (χ1) is 65.1. The zero-order valence-electron chi connectivity index (χ0n) is 77.2. The minimum absolute atomic E-state index is 0. The van der Waals surface area contributed by atoms with Crippen LogP contribution in [0, 0.1) is 5.92 Å². The van der Waals surface area contributed by atoms with E-state index in [1.165, 1.54) is 0 Å². The van der Waals surface area contributed by atoms with E-state index < -0.39 is 191 Å². The van der Waals surface area contributed by atoms with Gasteiger partial charge in [0.05, 0.1) is 99.1 Å². The number of hydrogen-bond donors (Lipinski definition) is 14. The van der Waals surface area contributed by atoms with Gasteiger partial charge in [-0.25, -0.2) is 16.7 Å². The molecule has 0 radical (unpaired) electrons. The van der Waals surface area contributed by atoms with Gasteiger partial charge >= 0.3 is 41.6 Å². The molecule has 0 saturated carbocycles. The van der Waals surface area contributed by atoms with Crippen molar-refractivity contribution in [3.05, 3.63) is 287 Å². The molecule has 5 saturated heterocycles. The van der Waals surface area contributed by atoms with Crippen molar-refractivity contribution >= 4 is 85.2 Å². The van der Waals surface area contributed by atoms with Gasteiger partial charge in [0, 0.05) is 85.0 Å². The Morgan fingerprint density at radius 2 is 0.711 bits per heavy atom. The molecule has 802 valence electrons. The van der Waals surface area contributed by atoms with Crippen LogP contribution in [0.1, 0.15) is 57.7 Å². The molecule has 5 aliphatic rings. The van der Waals surface area contributed by atoms with Gasteiger partial charge < -0.3 is 116 Å². The van der Waals surface area contributed by atoms with E-state index in [0.29, 0.717) is 63.5 Å². The Bertz CT molecular complexity index is 5110. The van der Waals surface area contributed by atoms with Crippen molar-refractivity contribution in [3.8, 4) is 0 Å². The van der Waals surface area contributed by atoms with E-state index in [1.807, 2.05) is 231 Å². The Labute approximate surface area is 867 Å². The smallest absolute Gasteiger partial charge is 0.397 e. The Morgan fingerprint density at radius 3 is 1.09 bits per heavy atom. The van der Waals surface area contributed by atoms with E-state index in [4.69, 9.17) is 80.5 Å². The third-order valence-electron chi connectivity index (χ3n) is 22.8. The molecule has 5 fully saturated rings. The van der Waals surface area contributed by atoms with Crippen LogP contribution in [0.2, 0.25) is 0 Å². The Balaban J connectivity index is 0.000000424. The summed E-state index contributed by atoms with van der Waals surface area (Å²) in [6.45, 7) is 3.15. The van der Waals surface area contributed by atoms with Crippen LogP contribution in [0.15, 0.2) is 243 Å². The van der Waals surface area contributed by atoms with Crippen LogP contribution in [-0.2, 0) is 232 Å². The first-order valence-electron chi connectivity index (χ1n) is 43.7. The van der Waals surface area contributed by atoms with Gasteiger partial charge in [0.2, 0.25) is 0 Å². The average Bonchev–Trinajstić information content (AvgIpc) is 1.69. The molecular formula is C93H132O39Pd2S8+4. The fourth-order valence-electron chi connectivity index (χ4n) is 15.7. The maximum atomic E-state index is 12.3. The summed E-state index contributed by atoms with van der Waals surface area (Å²) in [6.07, 6.45) is -15.1. The Morgan fingerprint density at radius 1 is 0.373 bits per heavy atom. The third kappa shape index (κ3) is 44.3. The second-order valence-electron chi connectivity index (χ2n) is 32.7. The van der Waals surface area contributed by atoms with Crippen LogP contribution in [0.4, 0.5) is 0 Å². The summed E-state index contributed by atoms with van der Waals surface area (Å²) in [7, 11) is -21.5. The Kier molecular flexibility index (Phi) is 60.0. The predicted molar refractivity (Wildman–Crippen MR) is 526 cm³/mol. The minimum Gasteiger partial charge on any atom is -0.412 e. The van der Waals surface area contributed by atoms with Gasteiger partial charge in [0.1, 0.15) is 143 Å². The predicted octanol–water partition coefficient (Wildman–Crippen LogP) is 1.27. The molecule has 39 nitrogen and oxygen atoms in total. The quantitative estimate of drug-likeness (QED) is 0.0145. The molecule has 0 aliphatic carbocycles. The van der Waals surface area contributed by atoms with Crippen molar-refractivity contribution < 1.29 is 225 Å². The zero-order valence-corrected chi connectivity index (χ0v) is 86.9. The number of benzene rings is 8. The van der Waals surface area contributed by atoms with Crippen LogP contribution in [0.3, 0.4) is 0 Å². The van der Waals surface area contributed by atoms with Crippen molar-refractivity contribution in [3.63, 3.8) is 0 Å². The molecule has 49 heteroatoms. The molecule has 0 spiro atoms. The molecule has 142 heavy (non-hydrogen) atoms. The third-order valence-corrected chi connectivity index (χ3v) is 36.1. The summed E-state index contributed by atoms with van der Waals surface area (Å²) in [5.74, 6) is 2.67. The van der Waals surface area contributed by atoms with Gasteiger partial charge in [0.25, 0.3) is 0 Å². The van der Waals surface area contributed by atoms with Gasteiger partial charge in [0.15, 0.2) is 22.0 Å². The molecule has 22 N–H and O–H groups in total. The summed E-state index contributed by atoms with van der Waals surface area (Å²) in [5, 5.41) is 92.9. The molecule has 8 aromatic rings. The fourth-order valence-corrected chi connectivity index (χ4v) is 29.4. The molecule has 5 heterocycles. The summed E-state index contributed by atoms with van der Waals surface area (Å²) in [5.41, 5.74) is 8.03. The zero-order chi connectivity index (χ0) is 97.8. The van der Waals surface area contributed by atoms with Crippen LogP contribution in [0.25, 0.3) is 0 Å². The topological polar surface area (TPSA) is 666 Å². The molecule has 0 bridgehead atoms. The van der Waals surface area contributed by atoms with E-state index in [0.717, 1.165) is 50.3 Å². The van der Waals surface area contributed by atoms with Crippen molar-refractivity contribution in [2.24, 2.45) is 5.92 Å². The standard InChI is InChI=1S/C44H48O9S2.C31H36O8S2.2C9H18O9S2.4H2O.2Pd/c45-55(46,47)53-40(31-48-26-35-16-6-1-7-17-35)41(50-28-37-20-10-3-11-21-37)33-54-34-42(51-29-38-22-12-4-13-23-38)44(52-30-39-24-14-5-15-25-39)43(54)32-49-27-36-18-8-2-9-19-36;1-23-28(36-18-25-13-7-3-8-14-25)21-40(30(23)20-35-17-24-11-5-2-6-12-24)22-29-27(39-41(32,33)34)19-37-31(38-29)26-15-9-4-10-16-26;2*10-1-7(18-20(15,16)17)5(12)3-19-4-6(13)9(14)8(19)2-11;;;;;;/h1-25,40-44H,26-34H2;2-16,23,27-31H,17-22H2,1H3;2*5-14H,1-4H2;4*1H2;;/p+4/t40?,41-,42-,43-,44+,54?;23-,27?,28+,29+,30+,31?,40?;2*5-,6-,7?,8-,9+,19?;;;;;;/m1011....../s1. The van der Waals surface area contributed by atoms with Crippen molar-refractivity contribution in [2.45, 2.75) is 172 Å². The average molecular weight is 2340 g/mol. The minimum atomic E-state index is -4.87. The summed E-state index contributed by atoms with van der Waals surface area (Å²) in [6, 6.07) is 79.0. The van der Waals surface area contributed by atoms with E-state index in [2.05, 4.69) is 27.4 Å². The molecule has 8 aromatic carbocycles. The summed E-state index contributed by atoms with van der Waals surface area (Å²) >= 11 is 0. The van der Waals surface area contributed by atoms with Crippen LogP contribution >= 0.6 is 0 Å². The van der Waals surface area contributed by atoms with Crippen LogP contribution in [0.5, 0.6) is 0 Å². The molecule has 25 atom stereocenters. The van der Waals surface area contributed by atoms with E-state index >= 15 is 0 Å². The number of aliphatic hydroxyl groups is 10. The summed E-state index contributed by atoms with van der Waals surface area (Å²) in [4.78, 5) is 0. The number of rotatable bonds is 48. The SMILES string of the molecule is C[C@@H]1[C@@H](COCc2ccccc2)[S+](C[C@H]2OC(c3ccccc3)OCC2OS(=O)(=O)O)C[C@H]1OCc1ccccc1.O.O.O.O.O=S(=O)(O)OC(CO)[C@H](O)C[S+]1C[C@@H](O)[C@H](O)[C@H]1CO.O=S(=O)(O)OC(CO)[C@H](O)C[S+]1C[C@@H](O)[C@H](O)[C@H]1CO.O=S(=O)(O)OC(COCc1ccccc1)[C@@H](C[S+]1C[C@@H](OCc2ccccc2)[C@H](OCc2ccccc2)[C@H]1COCc1ccccc1)OCc1ccccc1.[Pd].[Pd]. The van der Waals surface area contributed by atoms with Crippen molar-refractivity contribution in [1.82, 2.24) is 0 Å². The maximum absolute atomic E-state index is 12.3. The summed E-state index contributed by atoms with van der Waals surface area (Å²) < 4.78 is 203. The fraction of sp³-hybridized carbons (Fsp3) is 0.484. The number of aliphatic hydroxyl groups excluding tert-OH is 10. The Hall–Kier alpha value is -4.96. The van der Waals surface area contributed by atoms with Gasteiger partial charge in [-0.2, -0.15) is 33.7 Å². The molecule has 9 unspecified atom stereocenters. The number of hydrogen-bond acceptors (Lipinski definition) is 31. The maximum Gasteiger partial charge on any atom is 0.397 e. The van der Waals surface area contributed by atoms with Crippen molar-refractivity contribution in [2.75, 3.05) is 98.9 Å². The van der Waals surface area contributed by atoms with Gasteiger partial charge in [-0.15, -0.1) is 0 Å². The second kappa shape index (κ2) is 65.9. The monoisotopic (exact) mass is 2340 g/mol. The van der Waals surface area contributed by atoms with E-state index in [1.54, 1.807) is 0 Å². The molecule has 0 amide bonds. The molecule has 5 aliphatic heterocycles. The molecular weight excluding hydrogens is 2210 g/mol. The van der Waals surface area contributed by atoms with E-state index in [-0.39, 0.29) is 158 Å². The molecule has 0 aromatic heterocycles.